The molecule has 1 aromatic rings. The molecule has 0 radical (unpaired) electrons. The lowest BCUT2D eigenvalue weighted by molar-refractivity contribution is -0.128. The highest BCUT2D eigenvalue weighted by atomic mass is 32.2. The molecule has 5 nitrogen and oxygen atoms in total. The number of hydrogen-bond acceptors (Lipinski definition) is 3. The highest BCUT2D eigenvalue weighted by molar-refractivity contribution is 8.00. The lowest BCUT2D eigenvalue weighted by Gasteiger charge is -2.27. The predicted octanol–water partition coefficient (Wildman–Crippen LogP) is 4.00. The molecule has 27 heavy (non-hydrogen) atoms. The Balaban J connectivity index is 1.95. The summed E-state index contributed by atoms with van der Waals surface area (Å²) in [6, 6.07) is 8.68. The van der Waals surface area contributed by atoms with Crippen LogP contribution in [-0.2, 0) is 10.2 Å². The summed E-state index contributed by atoms with van der Waals surface area (Å²) < 4.78 is 0. The van der Waals surface area contributed by atoms with Crippen molar-refractivity contribution < 1.29 is 9.59 Å². The van der Waals surface area contributed by atoms with Crippen LogP contribution in [0.25, 0.3) is 0 Å². The Kier molecular flexibility index (Phi) is 7.20. The molecule has 1 aliphatic heterocycles. The van der Waals surface area contributed by atoms with Gasteiger partial charge in [-0.15, -0.1) is 11.8 Å². The molecule has 0 bridgehead atoms. The van der Waals surface area contributed by atoms with E-state index >= 15 is 0 Å². The molecule has 3 amide bonds. The molecule has 0 saturated carbocycles. The highest BCUT2D eigenvalue weighted by Gasteiger charge is 2.32. The van der Waals surface area contributed by atoms with Gasteiger partial charge in [0.2, 0.25) is 5.91 Å². The number of amides is 3. The maximum absolute atomic E-state index is 12.4. The van der Waals surface area contributed by atoms with Crippen molar-refractivity contribution in [3.63, 3.8) is 0 Å². The fourth-order valence-electron chi connectivity index (χ4n) is 3.06. The first kappa shape index (κ1) is 21.6. The van der Waals surface area contributed by atoms with E-state index < -0.39 is 0 Å². The number of thioether (sulfide) groups is 1. The van der Waals surface area contributed by atoms with Crippen LogP contribution in [-0.4, -0.2) is 53.7 Å². The molecule has 0 aliphatic carbocycles. The first-order valence-corrected chi connectivity index (χ1v) is 10.7. The van der Waals surface area contributed by atoms with Gasteiger partial charge in [-0.25, -0.2) is 4.79 Å². The van der Waals surface area contributed by atoms with E-state index in [9.17, 15) is 9.59 Å². The van der Waals surface area contributed by atoms with Crippen LogP contribution >= 0.6 is 11.8 Å². The van der Waals surface area contributed by atoms with Crippen molar-refractivity contribution in [3.05, 3.63) is 35.4 Å². The van der Waals surface area contributed by atoms with Crippen molar-refractivity contribution >= 4 is 23.7 Å². The second kappa shape index (κ2) is 9.00. The van der Waals surface area contributed by atoms with Crippen LogP contribution in [0.3, 0.4) is 0 Å². The minimum Gasteiger partial charge on any atom is -0.336 e. The molecular formula is C21H33N3O2S. The number of nitrogens with zero attached hydrogens (tertiary/aromatic N) is 2. The van der Waals surface area contributed by atoms with Crippen LogP contribution in [0.4, 0.5) is 4.79 Å². The van der Waals surface area contributed by atoms with Crippen LogP contribution in [0.2, 0.25) is 0 Å². The first-order valence-electron chi connectivity index (χ1n) is 9.62. The van der Waals surface area contributed by atoms with Gasteiger partial charge in [-0.2, -0.15) is 0 Å². The summed E-state index contributed by atoms with van der Waals surface area (Å²) in [5, 5.41) is 2.95. The van der Waals surface area contributed by atoms with Crippen LogP contribution in [0.1, 0.15) is 57.5 Å². The van der Waals surface area contributed by atoms with Gasteiger partial charge in [-0.05, 0) is 36.8 Å². The highest BCUT2D eigenvalue weighted by Crippen LogP contribution is 2.39. The molecule has 0 spiro atoms. The second-order valence-corrected chi connectivity index (χ2v) is 9.57. The van der Waals surface area contributed by atoms with Crippen molar-refractivity contribution in [2.24, 2.45) is 0 Å². The minimum atomic E-state index is -0.0681. The summed E-state index contributed by atoms with van der Waals surface area (Å²) in [5.74, 6) is 0.703. The monoisotopic (exact) mass is 391 g/mol. The van der Waals surface area contributed by atoms with E-state index in [1.54, 1.807) is 23.7 Å². The largest absolute Gasteiger partial charge is 0.336 e. The molecule has 1 atom stereocenters. The summed E-state index contributed by atoms with van der Waals surface area (Å²) in [5.41, 5.74) is 2.59. The van der Waals surface area contributed by atoms with E-state index in [0.29, 0.717) is 18.8 Å². The quantitative estimate of drug-likeness (QED) is 0.797. The van der Waals surface area contributed by atoms with Crippen molar-refractivity contribution in [1.82, 2.24) is 15.1 Å². The smallest absolute Gasteiger partial charge is 0.317 e. The van der Waals surface area contributed by atoms with Gasteiger partial charge in [-0.3, -0.25) is 4.79 Å². The van der Waals surface area contributed by atoms with Gasteiger partial charge in [0.25, 0.3) is 0 Å². The van der Waals surface area contributed by atoms with E-state index in [2.05, 4.69) is 50.4 Å². The minimum absolute atomic E-state index is 0.0681. The van der Waals surface area contributed by atoms with Crippen LogP contribution in [0.15, 0.2) is 24.3 Å². The van der Waals surface area contributed by atoms with Crippen molar-refractivity contribution in [2.75, 3.05) is 25.9 Å². The molecule has 1 saturated heterocycles. The summed E-state index contributed by atoms with van der Waals surface area (Å²) in [7, 11) is 1.79. The van der Waals surface area contributed by atoms with E-state index in [1.807, 2.05) is 18.7 Å². The molecule has 150 valence electrons. The third-order valence-electron chi connectivity index (χ3n) is 4.68. The van der Waals surface area contributed by atoms with E-state index in [-0.39, 0.29) is 28.8 Å². The van der Waals surface area contributed by atoms with Crippen molar-refractivity contribution in [2.45, 2.75) is 57.9 Å². The van der Waals surface area contributed by atoms with Gasteiger partial charge in [0.15, 0.2) is 0 Å². The average Bonchev–Trinajstić information content (AvgIpc) is 2.94. The summed E-state index contributed by atoms with van der Waals surface area (Å²) in [6.07, 6.45) is 0.769. The average molecular weight is 392 g/mol. The molecule has 1 heterocycles. The molecular weight excluding hydrogens is 358 g/mol. The summed E-state index contributed by atoms with van der Waals surface area (Å²) in [4.78, 5) is 28.0. The lowest BCUT2D eigenvalue weighted by Crippen LogP contribution is -2.42. The molecule has 1 N–H and O–H groups in total. The van der Waals surface area contributed by atoms with Gasteiger partial charge < -0.3 is 15.1 Å². The van der Waals surface area contributed by atoms with Crippen molar-refractivity contribution in [3.8, 4) is 0 Å². The molecule has 1 aliphatic rings. The van der Waals surface area contributed by atoms with Gasteiger partial charge >= 0.3 is 6.03 Å². The number of urea groups is 1. The maximum atomic E-state index is 12.4. The Morgan fingerprint density at radius 1 is 1.30 bits per heavy atom. The van der Waals surface area contributed by atoms with Gasteiger partial charge in [-0.1, -0.05) is 45.0 Å². The number of carbonyl (C=O) groups is 2. The molecule has 6 heteroatoms. The maximum Gasteiger partial charge on any atom is 0.317 e. The molecule has 0 aromatic heterocycles. The van der Waals surface area contributed by atoms with E-state index in [4.69, 9.17) is 0 Å². The Bertz CT molecular complexity index is 652. The third-order valence-corrected chi connectivity index (χ3v) is 5.94. The zero-order chi connectivity index (χ0) is 20.2. The zero-order valence-corrected chi connectivity index (χ0v) is 18.2. The fourth-order valence-corrected chi connectivity index (χ4v) is 4.28. The predicted molar refractivity (Wildman–Crippen MR) is 113 cm³/mol. The first-order chi connectivity index (χ1) is 12.6. The fraction of sp³-hybridized carbons (Fsp3) is 0.619. The lowest BCUT2D eigenvalue weighted by atomic mass is 9.86. The van der Waals surface area contributed by atoms with Gasteiger partial charge in [0.1, 0.15) is 5.37 Å². The van der Waals surface area contributed by atoms with Crippen LogP contribution in [0.5, 0.6) is 0 Å². The number of nitrogens with one attached hydrogen (secondary N) is 1. The zero-order valence-electron chi connectivity index (χ0n) is 17.4. The Morgan fingerprint density at radius 2 is 1.93 bits per heavy atom. The summed E-state index contributed by atoms with van der Waals surface area (Å²) in [6.45, 7) is 11.8. The second-order valence-electron chi connectivity index (χ2n) is 8.50. The number of rotatable bonds is 6. The van der Waals surface area contributed by atoms with Crippen LogP contribution in [0, 0.1) is 0 Å². The molecule has 1 fully saturated rings. The molecule has 1 unspecified atom stereocenters. The normalized spacial score (nSPS) is 17.5. The Hall–Kier alpha value is -1.69. The van der Waals surface area contributed by atoms with Gasteiger partial charge in [0.05, 0.1) is 5.75 Å². The Morgan fingerprint density at radius 3 is 2.48 bits per heavy atom. The topological polar surface area (TPSA) is 52.7 Å². The standard InChI is InChI=1S/C21H33N3O2S/c1-15(2)22-20(26)23(6)12-7-13-24-18(25)14-27-19(24)16-8-10-17(11-9-16)21(3,4)5/h8-11,15,19H,7,12-14H2,1-6H3,(H,22,26). The SMILES string of the molecule is CC(C)NC(=O)N(C)CCCN1C(=O)CSC1c1ccc(C(C)(C)C)cc1. The van der Waals surface area contributed by atoms with Crippen LogP contribution < -0.4 is 5.32 Å². The van der Waals surface area contributed by atoms with Crippen molar-refractivity contribution in [1.29, 1.82) is 0 Å². The third kappa shape index (κ3) is 5.89. The van der Waals surface area contributed by atoms with Gasteiger partial charge in [0, 0.05) is 26.2 Å². The Labute approximate surface area is 167 Å². The number of benzene rings is 1. The summed E-state index contributed by atoms with van der Waals surface area (Å²) >= 11 is 1.68. The number of hydrogen-bond donors (Lipinski definition) is 1. The number of carbonyl (C=O) groups excluding carboxylic acids is 2. The molecule has 2 rings (SSSR count). The van der Waals surface area contributed by atoms with E-state index in [0.717, 1.165) is 6.42 Å². The molecule has 1 aromatic carbocycles. The van der Waals surface area contributed by atoms with E-state index in [1.165, 1.54) is 11.1 Å².